The monoisotopic (exact) mass is 399 g/mol. The second kappa shape index (κ2) is 10.1. The second-order valence-corrected chi connectivity index (χ2v) is 13.0. The highest BCUT2D eigenvalue weighted by molar-refractivity contribution is 7.60. The molecule has 28 heavy (non-hydrogen) atoms. The van der Waals surface area contributed by atoms with Gasteiger partial charge in [-0.05, 0) is 81.1 Å². The first-order valence-corrected chi connectivity index (χ1v) is 13.8. The predicted molar refractivity (Wildman–Crippen MR) is 125 cm³/mol. The van der Waals surface area contributed by atoms with Gasteiger partial charge in [0.15, 0.2) is 0 Å². The number of nitrogens with zero attached hydrogens (tertiary/aromatic N) is 1. The Bertz CT molecular complexity index is 555. The first-order valence-electron chi connectivity index (χ1n) is 12.2. The Kier molecular flexibility index (Phi) is 7.51. The molecule has 0 aromatic heterocycles. The van der Waals surface area contributed by atoms with Crippen LogP contribution in [0.1, 0.15) is 95.1 Å². The van der Waals surface area contributed by atoms with E-state index in [0.717, 1.165) is 22.9 Å². The Morgan fingerprint density at radius 2 is 1.29 bits per heavy atom. The summed E-state index contributed by atoms with van der Waals surface area (Å²) < 4.78 is 0. The topological polar surface area (TPSA) is 3.24 Å². The summed E-state index contributed by atoms with van der Waals surface area (Å²) in [6, 6.07) is 12.1. The van der Waals surface area contributed by atoms with Crippen molar-refractivity contribution in [2.75, 3.05) is 14.1 Å². The van der Waals surface area contributed by atoms with Crippen molar-refractivity contribution in [2.24, 2.45) is 5.92 Å². The van der Waals surface area contributed by atoms with E-state index >= 15 is 0 Å². The van der Waals surface area contributed by atoms with Crippen molar-refractivity contribution >= 4 is 7.92 Å². The van der Waals surface area contributed by atoms with Crippen molar-refractivity contribution in [1.29, 1.82) is 0 Å². The maximum absolute atomic E-state index is 2.55. The van der Waals surface area contributed by atoms with Crippen LogP contribution < -0.4 is 0 Å². The largest absolute Gasteiger partial charge is 0.302 e. The van der Waals surface area contributed by atoms with Crippen molar-refractivity contribution in [3.63, 3.8) is 0 Å². The molecule has 3 aliphatic rings. The molecule has 3 aliphatic carbocycles. The number of hydrogen-bond donors (Lipinski definition) is 0. The van der Waals surface area contributed by atoms with E-state index in [9.17, 15) is 0 Å². The Labute approximate surface area is 175 Å². The average molecular weight is 400 g/mol. The maximum atomic E-state index is 2.55. The number of benzene rings is 1. The summed E-state index contributed by atoms with van der Waals surface area (Å²) in [5.74, 6) is 0.882. The Balaban J connectivity index is 1.62. The molecule has 1 aromatic carbocycles. The lowest BCUT2D eigenvalue weighted by atomic mass is 9.90. The quantitative estimate of drug-likeness (QED) is 0.445. The van der Waals surface area contributed by atoms with E-state index in [1.807, 2.05) is 0 Å². The summed E-state index contributed by atoms with van der Waals surface area (Å²) in [5, 5.41) is 0. The van der Waals surface area contributed by atoms with Crippen LogP contribution in [0.25, 0.3) is 0 Å². The summed E-state index contributed by atoms with van der Waals surface area (Å²) in [7, 11) is 4.85. The van der Waals surface area contributed by atoms with Gasteiger partial charge in [0.1, 0.15) is 0 Å². The molecule has 0 radical (unpaired) electrons. The number of hydrogen-bond acceptors (Lipinski definition) is 1. The molecule has 2 heteroatoms. The molecule has 0 amide bonds. The highest BCUT2D eigenvalue weighted by Crippen LogP contribution is 2.65. The molecule has 0 saturated heterocycles. The summed E-state index contributed by atoms with van der Waals surface area (Å²) in [6.07, 6.45) is 19.8. The van der Waals surface area contributed by atoms with Crippen LogP contribution in [0, 0.1) is 5.92 Å². The fourth-order valence-electron chi connectivity index (χ4n) is 6.88. The van der Waals surface area contributed by atoms with Crippen LogP contribution in [-0.4, -0.2) is 36.0 Å². The van der Waals surface area contributed by atoms with Gasteiger partial charge in [0.25, 0.3) is 0 Å². The van der Waals surface area contributed by atoms with Crippen molar-refractivity contribution in [2.45, 2.75) is 106 Å². The lowest BCUT2D eigenvalue weighted by Gasteiger charge is -2.46. The van der Waals surface area contributed by atoms with Gasteiger partial charge in [-0.25, -0.2) is 0 Å². The SMILES string of the molecule is CN(C)[C@H](c1ccccc1)[C@@H]1CCC[C@@H]1P(C1CCCCC1)C1CCCCC1. The fraction of sp³-hybridized carbons (Fsp3) is 0.769. The predicted octanol–water partition coefficient (Wildman–Crippen LogP) is 7.61. The van der Waals surface area contributed by atoms with Crippen LogP contribution in [0.15, 0.2) is 30.3 Å². The Morgan fingerprint density at radius 3 is 1.82 bits per heavy atom. The van der Waals surface area contributed by atoms with E-state index in [0.29, 0.717) is 6.04 Å². The molecule has 0 unspecified atom stereocenters. The van der Waals surface area contributed by atoms with E-state index in [1.54, 1.807) is 31.2 Å². The third-order valence-electron chi connectivity index (χ3n) is 8.01. The third-order valence-corrected chi connectivity index (χ3v) is 12.1. The molecule has 3 saturated carbocycles. The molecule has 3 fully saturated rings. The maximum Gasteiger partial charge on any atom is 0.0376 e. The third kappa shape index (κ3) is 4.67. The molecule has 156 valence electrons. The number of rotatable bonds is 6. The van der Waals surface area contributed by atoms with Crippen molar-refractivity contribution < 1.29 is 0 Å². The minimum Gasteiger partial charge on any atom is -0.302 e. The van der Waals surface area contributed by atoms with Crippen LogP contribution in [0.5, 0.6) is 0 Å². The molecule has 0 heterocycles. The first kappa shape index (κ1) is 20.9. The minimum absolute atomic E-state index is 0.188. The van der Waals surface area contributed by atoms with Crippen LogP contribution in [0.3, 0.4) is 0 Å². The van der Waals surface area contributed by atoms with Crippen molar-refractivity contribution in [3.05, 3.63) is 35.9 Å². The van der Waals surface area contributed by atoms with Gasteiger partial charge < -0.3 is 4.90 Å². The smallest absolute Gasteiger partial charge is 0.0376 e. The normalized spacial score (nSPS) is 28.9. The van der Waals surface area contributed by atoms with Gasteiger partial charge in [-0.3, -0.25) is 0 Å². The van der Waals surface area contributed by atoms with Gasteiger partial charge in [0, 0.05) is 6.04 Å². The van der Waals surface area contributed by atoms with Crippen LogP contribution >= 0.6 is 7.92 Å². The van der Waals surface area contributed by atoms with E-state index in [-0.39, 0.29) is 7.92 Å². The summed E-state index contributed by atoms with van der Waals surface area (Å²) in [6.45, 7) is 0. The van der Waals surface area contributed by atoms with Gasteiger partial charge in [-0.2, -0.15) is 0 Å². The second-order valence-electron chi connectivity index (χ2n) is 10.0. The molecule has 0 spiro atoms. The molecule has 0 N–H and O–H groups in total. The van der Waals surface area contributed by atoms with Gasteiger partial charge in [0.2, 0.25) is 0 Å². The van der Waals surface area contributed by atoms with E-state index < -0.39 is 0 Å². The van der Waals surface area contributed by atoms with E-state index in [1.165, 1.54) is 57.8 Å². The molecule has 0 bridgehead atoms. The molecule has 4 rings (SSSR count). The molecular formula is C26H42NP. The van der Waals surface area contributed by atoms with Gasteiger partial charge in [0.05, 0.1) is 0 Å². The molecule has 3 atom stereocenters. The van der Waals surface area contributed by atoms with Crippen LogP contribution in [-0.2, 0) is 0 Å². The molecular weight excluding hydrogens is 357 g/mol. The van der Waals surface area contributed by atoms with Crippen LogP contribution in [0.2, 0.25) is 0 Å². The fourth-order valence-corrected chi connectivity index (χ4v) is 11.7. The highest BCUT2D eigenvalue weighted by Gasteiger charge is 2.44. The van der Waals surface area contributed by atoms with Crippen molar-refractivity contribution in [1.82, 2.24) is 4.90 Å². The molecule has 1 aromatic rings. The van der Waals surface area contributed by atoms with Gasteiger partial charge in [-0.15, -0.1) is 0 Å². The Hall–Kier alpha value is -0.390. The zero-order chi connectivity index (χ0) is 19.3. The zero-order valence-electron chi connectivity index (χ0n) is 18.4. The highest BCUT2D eigenvalue weighted by atomic mass is 31.1. The standard InChI is InChI=1S/C26H42NP/c1-27(2)26(21-13-6-3-7-14-21)24-19-12-20-25(24)28(22-15-8-4-9-16-22)23-17-10-5-11-18-23/h3,6-7,13-14,22-26H,4-5,8-12,15-20H2,1-2H3/t24-,25+,26-/m1/s1. The zero-order valence-corrected chi connectivity index (χ0v) is 19.3. The van der Waals surface area contributed by atoms with Gasteiger partial charge >= 0.3 is 0 Å². The lowest BCUT2D eigenvalue weighted by molar-refractivity contribution is 0.215. The lowest BCUT2D eigenvalue weighted by Crippen LogP contribution is -2.35. The average Bonchev–Trinajstić information content (AvgIpc) is 3.19. The summed E-state index contributed by atoms with van der Waals surface area (Å²) in [4.78, 5) is 2.55. The summed E-state index contributed by atoms with van der Waals surface area (Å²) in [5.41, 5.74) is 4.77. The summed E-state index contributed by atoms with van der Waals surface area (Å²) >= 11 is 0. The molecule has 0 aliphatic heterocycles. The van der Waals surface area contributed by atoms with E-state index in [2.05, 4.69) is 49.3 Å². The Morgan fingerprint density at radius 1 is 0.714 bits per heavy atom. The van der Waals surface area contributed by atoms with Crippen LogP contribution in [0.4, 0.5) is 0 Å². The first-order chi connectivity index (χ1) is 13.8. The molecule has 1 nitrogen and oxygen atoms in total. The minimum atomic E-state index is 0.188. The van der Waals surface area contributed by atoms with E-state index in [4.69, 9.17) is 0 Å². The van der Waals surface area contributed by atoms with Gasteiger partial charge in [-0.1, -0.05) is 83.2 Å². The van der Waals surface area contributed by atoms with Crippen molar-refractivity contribution in [3.8, 4) is 0 Å².